The summed E-state index contributed by atoms with van der Waals surface area (Å²) in [6.45, 7) is 2.47. The maximum atomic E-state index is 13.0. The van der Waals surface area contributed by atoms with Crippen molar-refractivity contribution < 1.29 is 40.7 Å². The van der Waals surface area contributed by atoms with Crippen molar-refractivity contribution in [2.75, 3.05) is 40.3 Å². The van der Waals surface area contributed by atoms with Crippen LogP contribution in [0.3, 0.4) is 0 Å². The summed E-state index contributed by atoms with van der Waals surface area (Å²) in [4.78, 5) is 27.4. The van der Waals surface area contributed by atoms with Crippen LogP contribution in [-0.2, 0) is 26.0 Å². The normalized spacial score (nSPS) is 13.3. The van der Waals surface area contributed by atoms with E-state index in [0.717, 1.165) is 48.6 Å². The maximum absolute atomic E-state index is 13.0. The van der Waals surface area contributed by atoms with Gasteiger partial charge in [0.15, 0.2) is 0 Å². The second-order valence-electron chi connectivity index (χ2n) is 8.61. The molecule has 2 aromatic carbocycles. The molecule has 0 atom stereocenters. The molecule has 0 saturated heterocycles. The van der Waals surface area contributed by atoms with Crippen molar-refractivity contribution in [3.8, 4) is 0 Å². The molecule has 0 aromatic heterocycles. The van der Waals surface area contributed by atoms with Crippen molar-refractivity contribution in [1.29, 1.82) is 0 Å². The van der Waals surface area contributed by atoms with E-state index in [9.17, 15) is 30.8 Å². The Morgan fingerprint density at radius 3 is 2.13 bits per heavy atom. The number of halogens is 4. The van der Waals surface area contributed by atoms with Crippen LogP contribution in [0.4, 0.5) is 17.6 Å². The van der Waals surface area contributed by atoms with Crippen LogP contribution in [0.15, 0.2) is 58.4 Å². The molecule has 1 amide bonds. The number of carbonyl (C=O) groups is 2. The minimum absolute atomic E-state index is 0.0290. The molecule has 0 aliphatic carbocycles. The number of carboxylic acid groups (broad SMARTS) is 1. The van der Waals surface area contributed by atoms with Gasteiger partial charge >= 0.3 is 12.1 Å². The van der Waals surface area contributed by atoms with E-state index in [1.165, 1.54) is 23.5 Å². The molecule has 14 heteroatoms. The quantitative estimate of drug-likeness (QED) is 0.422. The van der Waals surface area contributed by atoms with Crippen LogP contribution in [-0.4, -0.2) is 86.9 Å². The molecule has 0 unspecified atom stereocenters. The van der Waals surface area contributed by atoms with Gasteiger partial charge in [-0.25, -0.2) is 21.9 Å². The summed E-state index contributed by atoms with van der Waals surface area (Å²) in [6.07, 6.45) is -3.69. The Labute approximate surface area is 224 Å². The van der Waals surface area contributed by atoms with E-state index in [2.05, 4.69) is 10.3 Å². The molecule has 39 heavy (non-hydrogen) atoms. The Balaban J connectivity index is 0.000000673. The van der Waals surface area contributed by atoms with Gasteiger partial charge in [0.05, 0.1) is 11.4 Å². The van der Waals surface area contributed by atoms with Gasteiger partial charge in [0.2, 0.25) is 15.9 Å². The average molecular weight is 575 g/mol. The van der Waals surface area contributed by atoms with Gasteiger partial charge in [0.1, 0.15) is 11.7 Å². The highest BCUT2D eigenvalue weighted by Crippen LogP contribution is 2.16. The van der Waals surface area contributed by atoms with Crippen molar-refractivity contribution in [3.05, 3.63) is 65.5 Å². The lowest BCUT2D eigenvalue weighted by Crippen LogP contribution is -2.31. The van der Waals surface area contributed by atoms with Crippen LogP contribution in [0.25, 0.3) is 0 Å². The number of amides is 1. The fraction of sp³-hybridized carbons (Fsp3) is 0.400. The molecule has 2 aromatic rings. The summed E-state index contributed by atoms with van der Waals surface area (Å²) in [7, 11) is -0.483. The van der Waals surface area contributed by atoms with Crippen molar-refractivity contribution in [2.45, 2.75) is 30.3 Å². The van der Waals surface area contributed by atoms with Gasteiger partial charge in [0, 0.05) is 45.7 Å². The second-order valence-corrected chi connectivity index (χ2v) is 10.7. The Hall–Kier alpha value is -3.52. The molecular weight excluding hydrogens is 544 g/mol. The first-order valence-corrected chi connectivity index (χ1v) is 13.3. The SMILES string of the molecule is CN(CCc1ccc(C2=NCCN2)cc1)C(=O)CCCN(C)S(=O)(=O)c1ccc(F)cc1.O=C(O)C(F)(F)F. The number of hydrogen-bond donors (Lipinski definition) is 2. The van der Waals surface area contributed by atoms with Crippen molar-refractivity contribution in [3.63, 3.8) is 0 Å². The molecule has 0 spiro atoms. The number of nitrogens with zero attached hydrogens (tertiary/aromatic N) is 3. The molecule has 0 saturated carbocycles. The molecule has 2 N–H and O–H groups in total. The number of hydrogen-bond acceptors (Lipinski definition) is 6. The van der Waals surface area contributed by atoms with Crippen LogP contribution in [0, 0.1) is 5.82 Å². The average Bonchev–Trinajstić information content (AvgIpc) is 3.42. The summed E-state index contributed by atoms with van der Waals surface area (Å²) in [6, 6.07) is 12.9. The Bertz CT molecular complexity index is 1250. The van der Waals surface area contributed by atoms with Crippen LogP contribution in [0.5, 0.6) is 0 Å². The third-order valence-corrected chi connectivity index (χ3v) is 7.56. The summed E-state index contributed by atoms with van der Waals surface area (Å²) in [5.74, 6) is -2.35. The fourth-order valence-electron chi connectivity index (χ4n) is 3.39. The Kier molecular flexibility index (Phi) is 11.4. The molecular formula is C25H30F4N4O5S. The standard InChI is InChI=1S/C23H29FN4O3S.C2HF3O2/c1-27(17-13-18-5-7-19(8-6-18)23-25-14-15-26-23)22(29)4-3-16-28(2)32(30,31)21-11-9-20(24)10-12-21;3-2(4,5)1(6)7/h5-12H,3-4,13-17H2,1-2H3,(H,25,26);(H,6,7). The monoisotopic (exact) mass is 574 g/mol. The van der Waals surface area contributed by atoms with Crippen molar-refractivity contribution in [1.82, 2.24) is 14.5 Å². The highest BCUT2D eigenvalue weighted by atomic mass is 32.2. The molecule has 1 aliphatic heterocycles. The zero-order valence-electron chi connectivity index (χ0n) is 21.4. The predicted octanol–water partition coefficient (Wildman–Crippen LogP) is 2.91. The molecule has 0 fully saturated rings. The number of likely N-dealkylation sites (N-methyl/N-ethyl adjacent to an activating group) is 1. The van der Waals surface area contributed by atoms with E-state index >= 15 is 0 Å². The lowest BCUT2D eigenvalue weighted by molar-refractivity contribution is -0.192. The topological polar surface area (TPSA) is 119 Å². The number of carbonyl (C=O) groups excluding carboxylic acids is 1. The highest BCUT2D eigenvalue weighted by Gasteiger charge is 2.38. The van der Waals surface area contributed by atoms with E-state index in [4.69, 9.17) is 9.90 Å². The van der Waals surface area contributed by atoms with Crippen LogP contribution >= 0.6 is 0 Å². The summed E-state index contributed by atoms with van der Waals surface area (Å²) in [5, 5.41) is 10.4. The smallest absolute Gasteiger partial charge is 0.475 e. The minimum Gasteiger partial charge on any atom is -0.475 e. The Morgan fingerprint density at radius 2 is 1.62 bits per heavy atom. The van der Waals surface area contributed by atoms with Crippen LogP contribution < -0.4 is 5.32 Å². The molecule has 0 bridgehead atoms. The number of rotatable bonds is 10. The third kappa shape index (κ3) is 9.94. The number of alkyl halides is 3. The summed E-state index contributed by atoms with van der Waals surface area (Å²) >= 11 is 0. The molecule has 1 heterocycles. The van der Waals surface area contributed by atoms with Gasteiger partial charge in [-0.05, 0) is 42.7 Å². The summed E-state index contributed by atoms with van der Waals surface area (Å²) in [5.41, 5.74) is 2.20. The third-order valence-electron chi connectivity index (χ3n) is 5.69. The number of carboxylic acids is 1. The largest absolute Gasteiger partial charge is 0.490 e. The first kappa shape index (κ1) is 31.7. The first-order valence-electron chi connectivity index (χ1n) is 11.9. The van der Waals surface area contributed by atoms with Gasteiger partial charge < -0.3 is 15.3 Å². The van der Waals surface area contributed by atoms with Gasteiger partial charge in [-0.1, -0.05) is 24.3 Å². The van der Waals surface area contributed by atoms with Gasteiger partial charge in [-0.15, -0.1) is 0 Å². The predicted molar refractivity (Wildman–Crippen MR) is 136 cm³/mol. The van der Waals surface area contributed by atoms with E-state index in [1.807, 2.05) is 24.3 Å². The number of benzene rings is 2. The lowest BCUT2D eigenvalue weighted by Gasteiger charge is -2.19. The van der Waals surface area contributed by atoms with E-state index in [-0.39, 0.29) is 23.8 Å². The van der Waals surface area contributed by atoms with E-state index in [0.29, 0.717) is 13.0 Å². The second kappa shape index (κ2) is 14.0. The number of aliphatic imine (C=N–C) groups is 1. The first-order chi connectivity index (χ1) is 18.2. The number of aliphatic carboxylic acids is 1. The van der Waals surface area contributed by atoms with Crippen LogP contribution in [0.2, 0.25) is 0 Å². The van der Waals surface area contributed by atoms with Gasteiger partial charge in [-0.3, -0.25) is 9.79 Å². The maximum Gasteiger partial charge on any atom is 0.490 e. The number of amidine groups is 1. The van der Waals surface area contributed by atoms with Crippen molar-refractivity contribution >= 4 is 27.7 Å². The molecule has 1 aliphatic rings. The molecule has 214 valence electrons. The van der Waals surface area contributed by atoms with Gasteiger partial charge in [-0.2, -0.15) is 13.2 Å². The zero-order chi connectivity index (χ0) is 29.2. The molecule has 3 rings (SSSR count). The van der Waals surface area contributed by atoms with Gasteiger partial charge in [0.25, 0.3) is 0 Å². The van der Waals surface area contributed by atoms with Crippen molar-refractivity contribution in [2.24, 2.45) is 4.99 Å². The minimum atomic E-state index is -5.08. The Morgan fingerprint density at radius 1 is 1.03 bits per heavy atom. The number of sulfonamides is 1. The van der Waals surface area contributed by atoms with E-state index < -0.39 is 28.0 Å². The molecule has 0 radical (unpaired) electrons. The molecule has 9 nitrogen and oxygen atoms in total. The summed E-state index contributed by atoms with van der Waals surface area (Å²) < 4.78 is 71.0. The highest BCUT2D eigenvalue weighted by molar-refractivity contribution is 7.89. The lowest BCUT2D eigenvalue weighted by atomic mass is 10.1. The number of nitrogens with one attached hydrogen (secondary N) is 1. The van der Waals surface area contributed by atoms with E-state index in [1.54, 1.807) is 11.9 Å². The van der Waals surface area contributed by atoms with Crippen LogP contribution in [0.1, 0.15) is 24.0 Å². The fourth-order valence-corrected chi connectivity index (χ4v) is 4.60. The zero-order valence-corrected chi connectivity index (χ0v) is 22.2.